The van der Waals surface area contributed by atoms with Gasteiger partial charge in [0, 0.05) is 119 Å². The van der Waals surface area contributed by atoms with E-state index in [1.165, 1.54) is 52.3 Å². The van der Waals surface area contributed by atoms with Crippen molar-refractivity contribution in [3.63, 3.8) is 0 Å². The Bertz CT molecular complexity index is 4930. The van der Waals surface area contributed by atoms with Gasteiger partial charge in [0.15, 0.2) is 5.78 Å². The van der Waals surface area contributed by atoms with Gasteiger partial charge in [-0.1, -0.05) is 102 Å². The normalized spacial score (nSPS) is 25.3. The summed E-state index contributed by atoms with van der Waals surface area (Å²) < 4.78 is 0. The lowest BCUT2D eigenvalue weighted by molar-refractivity contribution is -0.149. The number of ketones is 1. The molecule has 3 aliphatic heterocycles. The van der Waals surface area contributed by atoms with Crippen molar-refractivity contribution in [1.29, 1.82) is 0 Å². The number of nitrogens with two attached hydrogens (primary N) is 3. The van der Waals surface area contributed by atoms with Crippen LogP contribution in [0.15, 0.2) is 85.2 Å². The van der Waals surface area contributed by atoms with Crippen molar-refractivity contribution >= 4 is 140 Å². The Kier molecular flexibility index (Phi) is 39.2. The molecule has 5 heterocycles. The molecule has 131 heavy (non-hydrogen) atoms. The number of carbonyl (C=O) groups excluding carboxylic acids is 16. The average Bonchev–Trinajstić information content (AvgIpc) is 1.50. The van der Waals surface area contributed by atoms with Crippen molar-refractivity contribution in [2.45, 2.75) is 235 Å². The van der Waals surface area contributed by atoms with Crippen molar-refractivity contribution in [1.82, 2.24) is 82.3 Å². The van der Waals surface area contributed by atoms with Gasteiger partial charge in [-0.05, 0) is 112 Å². The predicted molar refractivity (Wildman–Crippen MR) is 480 cm³/mol. The summed E-state index contributed by atoms with van der Waals surface area (Å²) in [4.78, 5) is 272. The topological polar surface area (TPSA) is 622 Å². The number of Topliss-reactive ketones (excluding diaryl/α,β-unsaturated/α-hetero) is 1. The second-order valence-corrected chi connectivity index (χ2v) is 35.0. The van der Waals surface area contributed by atoms with Crippen LogP contribution in [-0.4, -0.2) is 311 Å². The van der Waals surface area contributed by atoms with E-state index in [2.05, 4.69) is 57.8 Å². The van der Waals surface area contributed by atoms with Crippen molar-refractivity contribution in [2.75, 3.05) is 65.4 Å². The summed E-state index contributed by atoms with van der Waals surface area (Å²) in [6.45, 7) is 6.20. The number of thioether (sulfide) groups is 1. The predicted octanol–water partition coefficient (Wildman–Crippen LogP) is -1.29. The van der Waals surface area contributed by atoms with Crippen LogP contribution in [0.5, 0.6) is 5.75 Å². The van der Waals surface area contributed by atoms with Crippen LogP contribution in [-0.2, 0) is 106 Å². The van der Waals surface area contributed by atoms with E-state index in [-0.39, 0.29) is 95.4 Å². The highest BCUT2D eigenvalue weighted by Crippen LogP contribution is 2.30. The molecule has 0 spiro atoms. The number of amides is 15. The minimum atomic E-state index is -1.90. The zero-order valence-electron chi connectivity index (χ0n) is 75.0. The number of H-pyrrole nitrogens is 2. The summed E-state index contributed by atoms with van der Waals surface area (Å²) in [6, 6.07) is -0.604. The van der Waals surface area contributed by atoms with Gasteiger partial charge in [-0.2, -0.15) is 0 Å². The van der Waals surface area contributed by atoms with E-state index in [1.807, 2.05) is 6.92 Å². The second-order valence-electron chi connectivity index (χ2n) is 34.0. The van der Waals surface area contributed by atoms with Gasteiger partial charge in [-0.25, -0.2) is 0 Å². The number of aromatic amines is 2. The molecule has 0 saturated carbocycles. The van der Waals surface area contributed by atoms with E-state index in [0.717, 1.165) is 24.5 Å². The van der Waals surface area contributed by atoms with E-state index in [9.17, 15) is 73.2 Å². The molecule has 3 saturated heterocycles. The minimum Gasteiger partial charge on any atom is -0.508 e. The van der Waals surface area contributed by atoms with Crippen molar-refractivity contribution < 1.29 is 107 Å². The first-order chi connectivity index (χ1) is 62.3. The maximum Gasteiger partial charge on any atom is 0.305 e. The number of phenolic OH excluding ortho intramolecular Hbond substituents is 1. The molecule has 3 aliphatic rings. The number of nitrogens with zero attached hydrogens (tertiary/aromatic N) is 5. The van der Waals surface area contributed by atoms with Crippen LogP contribution in [0.1, 0.15) is 148 Å². The van der Waals surface area contributed by atoms with E-state index < -0.39 is 254 Å². The SMILES string of the molecule is CCCC[C@H]1C(=O)N(C)[C@@H](CCCC)C(=O)N[C@@H](CCC(=O)O)C(=O)N[C@H](C(=O)NCC(N)=O)CSCC(=O)N[C@@H](Cc2ccc(O)cc2)C(=O)N(C)[C@@H](C)C(=O)N[C@@H](CC(=O)O)C(=O)N2CCC[C@H]2C(=O)N[C@@H](CN)C(=O)N[C@@H](CC(C)C)C(=O)N2C[C@H](O)C[C@H]2C(=O)C[C@@H](Cc2c[nH]c3ccccc23)C(=O)N[C@@H](CCN)C(=O)N[C@@H](Cc2c[nH]c3ccccc23)C(=O)N1C. The van der Waals surface area contributed by atoms with Crippen LogP contribution in [0, 0.1) is 11.8 Å². The number of carbonyl (C=O) groups is 18. The number of hydrogen-bond acceptors (Lipinski definition) is 23. The fourth-order valence-electron chi connectivity index (χ4n) is 16.4. The molecule has 41 nitrogen and oxygen atoms in total. The Morgan fingerprint density at radius 3 is 1.70 bits per heavy atom. The number of carboxylic acid groups (broad SMARTS) is 2. The maximum absolute atomic E-state index is 15.8. The Balaban J connectivity index is 1.19. The number of rotatable bonds is 25. The fourth-order valence-corrected chi connectivity index (χ4v) is 17.3. The van der Waals surface area contributed by atoms with Crippen LogP contribution < -0.4 is 65.1 Å². The van der Waals surface area contributed by atoms with Gasteiger partial charge in [-0.3, -0.25) is 86.3 Å². The number of aliphatic hydroxyl groups excluding tert-OH is 1. The number of fused-ring (bicyclic) bond motifs is 4. The summed E-state index contributed by atoms with van der Waals surface area (Å²) in [7, 11) is 3.83. The fraction of sp³-hybridized carbons (Fsp3) is 0.551. The zero-order valence-corrected chi connectivity index (χ0v) is 75.8. The average molecular weight is 1850 g/mol. The summed E-state index contributed by atoms with van der Waals surface area (Å²) in [5.41, 5.74) is 20.6. The molecular formula is C89H125N19O22S. The number of aliphatic hydroxyl groups is 1. The van der Waals surface area contributed by atoms with Gasteiger partial charge in [0.2, 0.25) is 88.6 Å². The third-order valence-electron chi connectivity index (χ3n) is 23.8. The molecule has 0 aliphatic carbocycles. The molecule has 21 N–H and O–H groups in total. The first-order valence-corrected chi connectivity index (χ1v) is 45.3. The number of carboxylic acids is 2. The van der Waals surface area contributed by atoms with Crippen molar-refractivity contribution in [3.05, 3.63) is 102 Å². The number of para-hydroxylation sites is 2. The molecule has 714 valence electrons. The third kappa shape index (κ3) is 29.0. The second kappa shape index (κ2) is 49.4. The molecule has 0 radical (unpaired) electrons. The van der Waals surface area contributed by atoms with E-state index >= 15 is 33.6 Å². The first-order valence-electron chi connectivity index (χ1n) is 44.2. The number of likely N-dealkylation sites (N-methyl/N-ethyl adjacent to an activating group) is 3. The van der Waals surface area contributed by atoms with E-state index in [1.54, 1.807) is 81.7 Å². The quantitative estimate of drug-likeness (QED) is 0.0323. The Morgan fingerprint density at radius 1 is 0.557 bits per heavy atom. The first kappa shape index (κ1) is 104. The zero-order chi connectivity index (χ0) is 96.2. The van der Waals surface area contributed by atoms with Crippen LogP contribution in [0.4, 0.5) is 0 Å². The van der Waals surface area contributed by atoms with Crippen LogP contribution in [0.25, 0.3) is 21.8 Å². The Morgan fingerprint density at radius 2 is 1.10 bits per heavy atom. The number of hydrogen-bond donors (Lipinski definition) is 18. The molecule has 0 unspecified atom stereocenters. The van der Waals surface area contributed by atoms with Crippen molar-refractivity contribution in [3.8, 4) is 5.75 Å². The van der Waals surface area contributed by atoms with Gasteiger partial charge >= 0.3 is 11.9 Å². The van der Waals surface area contributed by atoms with Gasteiger partial charge in [0.25, 0.3) is 0 Å². The monoisotopic (exact) mass is 1840 g/mol. The molecular weight excluding hydrogens is 1720 g/mol. The van der Waals surface area contributed by atoms with E-state index in [4.69, 9.17) is 17.2 Å². The lowest BCUT2D eigenvalue weighted by Crippen LogP contribution is -2.61. The number of aliphatic carboxylic acids is 2. The molecule has 2 aromatic heterocycles. The maximum atomic E-state index is 15.8. The third-order valence-corrected chi connectivity index (χ3v) is 24.8. The number of aromatic hydroxyl groups is 1. The van der Waals surface area contributed by atoms with Crippen LogP contribution in [0.2, 0.25) is 0 Å². The number of primary amides is 1. The van der Waals surface area contributed by atoms with Gasteiger partial charge < -0.3 is 120 Å². The largest absolute Gasteiger partial charge is 0.508 e. The smallest absolute Gasteiger partial charge is 0.305 e. The summed E-state index contributed by atoms with van der Waals surface area (Å²) in [6.07, 6.45) is -0.796. The molecule has 42 heteroatoms. The highest BCUT2D eigenvalue weighted by Gasteiger charge is 2.47. The number of phenols is 1. The molecule has 3 aromatic carbocycles. The highest BCUT2D eigenvalue weighted by molar-refractivity contribution is 8.00. The van der Waals surface area contributed by atoms with E-state index in [0.29, 0.717) is 69.5 Å². The molecule has 8 rings (SSSR count). The molecule has 5 aromatic rings. The standard InChI is InChI=1S/C89H125N19O22S/c1-9-11-22-68-83(124)98-60(29-30-75(114)115)80(121)103-67(79(120)95-44-73(92)112)46-131-47-74(113)96-63(35-50-25-27-54(109)28-26-50)85(126)104(6)49(5)77(118)99-65(40-76(116)117)87(128)107-33-17-24-69(107)84(125)102-66(41-91)82(123)100-62(34-48(3)4)88(129)108-45-55(110)39-71(108)72(111)38-51(36-52-42-93-58-20-15-13-18-56(52)58)78(119)97-61(31-32-90)81(122)101-64(37-53-43-94-59-21-16-14-19-57(53)59)86(127)106(8)70(23-12-10-2)89(130)105(68)7/h13-16,18-21,25-28,42-43,48-49,51,55,60-71,93-94,109-110H,9-12,17,22-24,29-41,44-47,90-91H2,1-8H3,(H2,92,112)(H,95,120)(H,96,113)(H,97,119)(H,98,124)(H,99,118)(H,100,123)(H,101,122)(H,102,125)(H,103,121)(H,114,115)(H,116,117)/t49-,51+,55+,60-,61-,62-,63-,64-,65-,66-,67-,68-,69-,70-,71-/m0/s1. The molecule has 15 atom stereocenters. The highest BCUT2D eigenvalue weighted by atomic mass is 32.2. The van der Waals surface area contributed by atoms with Crippen LogP contribution in [0.3, 0.4) is 0 Å². The molecule has 3 fully saturated rings. The summed E-state index contributed by atoms with van der Waals surface area (Å²) >= 11 is 0.704. The summed E-state index contributed by atoms with van der Waals surface area (Å²) in [5.74, 6) is -21.0. The summed E-state index contributed by atoms with van der Waals surface area (Å²) in [5, 5.41) is 66.4. The lowest BCUT2D eigenvalue weighted by Gasteiger charge is -2.36. The van der Waals surface area contributed by atoms with Gasteiger partial charge in [0.05, 0.1) is 30.9 Å². The van der Waals surface area contributed by atoms with Crippen LogP contribution >= 0.6 is 11.8 Å². The number of nitrogens with one attached hydrogen (secondary N) is 11. The number of benzene rings is 3. The lowest BCUT2D eigenvalue weighted by atomic mass is 9.90. The number of aromatic nitrogens is 2. The Hall–Kier alpha value is -12.6. The molecule has 15 amide bonds. The molecule has 0 bridgehead atoms. The van der Waals surface area contributed by atoms with Crippen molar-refractivity contribution in [2.24, 2.45) is 29.0 Å². The number of unbranched alkanes of at least 4 members (excludes halogenated alkanes) is 2. The van der Waals surface area contributed by atoms with Gasteiger partial charge in [-0.15, -0.1) is 11.8 Å². The minimum absolute atomic E-state index is 0.0156. The Labute approximate surface area is 762 Å². The van der Waals surface area contributed by atoms with Gasteiger partial charge in [0.1, 0.15) is 78.3 Å².